The van der Waals surface area contributed by atoms with Gasteiger partial charge >= 0.3 is 0 Å². The predicted octanol–water partition coefficient (Wildman–Crippen LogP) is 5.85. The van der Waals surface area contributed by atoms with Crippen LogP contribution in [0.4, 0.5) is 0 Å². The van der Waals surface area contributed by atoms with Gasteiger partial charge in [0, 0.05) is 38.8 Å². The van der Waals surface area contributed by atoms with Gasteiger partial charge in [-0.3, -0.25) is 15.1 Å². The summed E-state index contributed by atoms with van der Waals surface area (Å²) in [6, 6.07) is 13.6. The van der Waals surface area contributed by atoms with Gasteiger partial charge in [0.25, 0.3) is 5.91 Å². The van der Waals surface area contributed by atoms with Crippen LogP contribution in [0.3, 0.4) is 0 Å². The van der Waals surface area contributed by atoms with Gasteiger partial charge in [-0.15, -0.1) is 0 Å². The van der Waals surface area contributed by atoms with Gasteiger partial charge in [0.05, 0.1) is 12.1 Å². The highest BCUT2D eigenvalue weighted by molar-refractivity contribution is 8.17. The molecule has 0 bridgehead atoms. The monoisotopic (exact) mass is 476 g/mol. The number of benzene rings is 2. The number of carbonyl (C=O) groups excluding carboxylic acids is 1. The van der Waals surface area contributed by atoms with Gasteiger partial charge in [0.1, 0.15) is 18.2 Å². The number of ether oxygens (including phenoxy) is 1. The molecule has 2 aromatic carbocycles. The number of aromatic nitrogens is 1. The first-order valence-electron chi connectivity index (χ1n) is 10.5. The second-order valence-corrected chi connectivity index (χ2v) is 9.52. The van der Waals surface area contributed by atoms with E-state index in [1.165, 1.54) is 11.8 Å². The third-order valence-electron chi connectivity index (χ3n) is 5.54. The van der Waals surface area contributed by atoms with Crippen molar-refractivity contribution in [1.29, 1.82) is 5.41 Å². The first kappa shape index (κ1) is 21.6. The fraction of sp³-hybridized carbons (Fsp3) is 0.160. The Kier molecular flexibility index (Phi) is 5.60. The lowest BCUT2D eigenvalue weighted by Gasteiger charge is -2.22. The molecule has 0 saturated heterocycles. The number of nitrogens with zero attached hydrogens (tertiary/aromatic N) is 3. The summed E-state index contributed by atoms with van der Waals surface area (Å²) in [7, 11) is 0. The Morgan fingerprint density at radius 2 is 2.03 bits per heavy atom. The molecule has 8 heteroatoms. The molecule has 5 rings (SSSR count). The first-order chi connectivity index (χ1) is 15.9. The Morgan fingerprint density at radius 1 is 1.21 bits per heavy atom. The maximum Gasteiger partial charge on any atom is 0.283 e. The number of halogens is 1. The lowest BCUT2D eigenvalue weighted by molar-refractivity contribution is -0.114. The Morgan fingerprint density at radius 3 is 2.85 bits per heavy atom. The molecule has 6 nitrogen and oxygen atoms in total. The third-order valence-corrected chi connectivity index (χ3v) is 6.67. The van der Waals surface area contributed by atoms with E-state index in [0.29, 0.717) is 23.3 Å². The van der Waals surface area contributed by atoms with Gasteiger partial charge in [-0.2, -0.15) is 4.99 Å². The van der Waals surface area contributed by atoms with Crippen LogP contribution in [0.2, 0.25) is 5.02 Å². The summed E-state index contributed by atoms with van der Waals surface area (Å²) in [6.07, 6.45) is 5.60. The Balaban J connectivity index is 1.43. The van der Waals surface area contributed by atoms with E-state index in [9.17, 15) is 4.79 Å². The van der Waals surface area contributed by atoms with Crippen LogP contribution in [-0.4, -0.2) is 33.0 Å². The summed E-state index contributed by atoms with van der Waals surface area (Å²) in [5.74, 6) is 0.563. The van der Waals surface area contributed by atoms with Gasteiger partial charge in [-0.1, -0.05) is 41.6 Å². The summed E-state index contributed by atoms with van der Waals surface area (Å²) in [6.45, 7) is 5.02. The minimum Gasteiger partial charge on any atom is -0.491 e. The zero-order valence-electron chi connectivity index (χ0n) is 18.1. The highest BCUT2D eigenvalue weighted by Gasteiger charge is 2.33. The van der Waals surface area contributed by atoms with Crippen LogP contribution in [-0.2, 0) is 11.3 Å². The fourth-order valence-electron chi connectivity index (χ4n) is 3.96. The van der Waals surface area contributed by atoms with Crippen molar-refractivity contribution < 1.29 is 9.53 Å². The second-order valence-electron chi connectivity index (χ2n) is 7.87. The number of aliphatic imine (C=N–C) groups is 1. The van der Waals surface area contributed by atoms with Crippen LogP contribution in [0.1, 0.15) is 18.1 Å². The molecule has 0 saturated carbocycles. The molecule has 1 aromatic heterocycles. The summed E-state index contributed by atoms with van der Waals surface area (Å²) in [5.41, 5.74) is 3.17. The third kappa shape index (κ3) is 4.10. The molecular weight excluding hydrogens is 456 g/mol. The highest BCUT2D eigenvalue weighted by atomic mass is 35.5. The quantitative estimate of drug-likeness (QED) is 0.469. The van der Waals surface area contributed by atoms with Gasteiger partial charge in [0.15, 0.2) is 5.17 Å². The lowest BCUT2D eigenvalue weighted by atomic mass is 10.1. The average Bonchev–Trinajstić information content (AvgIpc) is 3.33. The zero-order valence-corrected chi connectivity index (χ0v) is 19.7. The number of aryl methyl sites for hydroxylation is 1. The maximum absolute atomic E-state index is 12.7. The van der Waals surface area contributed by atoms with E-state index < -0.39 is 0 Å². The minimum atomic E-state index is -0.389. The molecular formula is C25H21ClN4O2S. The van der Waals surface area contributed by atoms with Gasteiger partial charge in [0.2, 0.25) is 0 Å². The topological polar surface area (TPSA) is 70.7 Å². The largest absolute Gasteiger partial charge is 0.491 e. The number of hydrogen-bond acceptors (Lipinski definition) is 4. The number of para-hydroxylation sites is 1. The summed E-state index contributed by atoms with van der Waals surface area (Å²) in [5, 5.41) is 10.8. The predicted molar refractivity (Wildman–Crippen MR) is 135 cm³/mol. The molecule has 3 heterocycles. The normalized spacial score (nSPS) is 16.9. The Labute approximate surface area is 200 Å². The molecule has 1 amide bonds. The van der Waals surface area contributed by atoms with E-state index in [0.717, 1.165) is 32.7 Å². The van der Waals surface area contributed by atoms with Crippen LogP contribution in [0.15, 0.2) is 70.3 Å². The first-order valence-corrected chi connectivity index (χ1v) is 11.7. The minimum absolute atomic E-state index is 0.146. The van der Waals surface area contributed by atoms with E-state index >= 15 is 0 Å². The van der Waals surface area contributed by atoms with Crippen molar-refractivity contribution in [1.82, 2.24) is 9.47 Å². The van der Waals surface area contributed by atoms with Gasteiger partial charge in [-0.25, -0.2) is 0 Å². The molecule has 0 fully saturated rings. The number of rotatable bonds is 5. The van der Waals surface area contributed by atoms with E-state index in [1.807, 2.05) is 68.7 Å². The van der Waals surface area contributed by atoms with Crippen LogP contribution in [0.25, 0.3) is 17.0 Å². The Hall–Kier alpha value is -3.29. The smallest absolute Gasteiger partial charge is 0.283 e. The van der Waals surface area contributed by atoms with E-state index in [4.69, 9.17) is 21.7 Å². The molecule has 0 atom stereocenters. The van der Waals surface area contributed by atoms with E-state index in [1.54, 1.807) is 11.0 Å². The molecule has 2 aliphatic rings. The number of allylic oxidation sites excluding steroid dienone is 1. The molecule has 33 heavy (non-hydrogen) atoms. The molecule has 0 aliphatic carbocycles. The van der Waals surface area contributed by atoms with Crippen LogP contribution in [0, 0.1) is 12.3 Å². The Bertz CT molecular complexity index is 1400. The summed E-state index contributed by atoms with van der Waals surface area (Å²) in [4.78, 5) is 19.5. The van der Waals surface area contributed by atoms with E-state index in [-0.39, 0.29) is 17.3 Å². The fourth-order valence-corrected chi connectivity index (χ4v) is 5.00. The standard InChI is InChI=1S/C25H21ClN4O2S/c1-15-11-18(26)7-8-22(15)32-10-9-29-14-17(19-5-3-4-6-21(19)29)12-20-23(27)30-13-16(2)33-25(30)28-24(20)31/h3-8,11-14,27H,9-10H2,1-2H3. The van der Waals surface area contributed by atoms with Crippen molar-refractivity contribution >= 4 is 57.3 Å². The molecule has 3 aromatic rings. The number of fused-ring (bicyclic) bond motifs is 2. The van der Waals surface area contributed by atoms with Crippen molar-refractivity contribution in [3.8, 4) is 5.75 Å². The van der Waals surface area contributed by atoms with Crippen molar-refractivity contribution in [3.05, 3.63) is 81.5 Å². The van der Waals surface area contributed by atoms with Crippen LogP contribution in [0.5, 0.6) is 5.75 Å². The molecule has 2 aliphatic heterocycles. The second kappa shape index (κ2) is 8.57. The number of amides is 1. The van der Waals surface area contributed by atoms with Gasteiger partial charge < -0.3 is 9.30 Å². The van der Waals surface area contributed by atoms with Crippen LogP contribution >= 0.6 is 23.4 Å². The maximum atomic E-state index is 12.7. The molecule has 0 radical (unpaired) electrons. The summed E-state index contributed by atoms with van der Waals surface area (Å²) >= 11 is 7.44. The van der Waals surface area contributed by atoms with Crippen LogP contribution < -0.4 is 4.74 Å². The molecule has 1 N–H and O–H groups in total. The number of nitrogens with one attached hydrogen (secondary N) is 1. The zero-order chi connectivity index (χ0) is 23.1. The van der Waals surface area contributed by atoms with Crippen molar-refractivity contribution in [2.75, 3.05) is 6.61 Å². The van der Waals surface area contributed by atoms with Crippen molar-refractivity contribution in [2.45, 2.75) is 20.4 Å². The molecule has 0 unspecified atom stereocenters. The highest BCUT2D eigenvalue weighted by Crippen LogP contribution is 2.33. The number of amidine groups is 2. The van der Waals surface area contributed by atoms with Crippen molar-refractivity contribution in [2.24, 2.45) is 4.99 Å². The van der Waals surface area contributed by atoms with Gasteiger partial charge in [-0.05, 0) is 49.8 Å². The average molecular weight is 477 g/mol. The lowest BCUT2D eigenvalue weighted by Crippen LogP contribution is -2.35. The SMILES string of the molecule is CC1=CN2C(=N)C(=Cc3cn(CCOc4ccc(Cl)cc4C)c4ccccc34)C(=O)N=C2S1. The number of carbonyl (C=O) groups is 1. The van der Waals surface area contributed by atoms with E-state index in [2.05, 4.69) is 9.56 Å². The number of hydrogen-bond donors (Lipinski definition) is 1. The molecule has 166 valence electrons. The van der Waals surface area contributed by atoms with Crippen molar-refractivity contribution in [3.63, 3.8) is 0 Å². The number of thioether (sulfide) groups is 1. The summed E-state index contributed by atoms with van der Waals surface area (Å²) < 4.78 is 8.08. The molecule has 0 spiro atoms.